The maximum absolute atomic E-state index is 12.0. The van der Waals surface area contributed by atoms with Gasteiger partial charge < -0.3 is 4.74 Å². The topological polar surface area (TPSA) is 22.1 Å². The van der Waals surface area contributed by atoms with Crippen LogP contribution in [-0.2, 0) is 5.33 Å². The molecule has 0 aliphatic carbocycles. The van der Waals surface area contributed by atoms with Crippen molar-refractivity contribution in [3.63, 3.8) is 0 Å². The van der Waals surface area contributed by atoms with Gasteiger partial charge in [0.15, 0.2) is 5.75 Å². The molecule has 0 aliphatic heterocycles. The molecular weight excluding hydrogens is 390 g/mol. The molecule has 0 N–H and O–H groups in total. The van der Waals surface area contributed by atoms with Crippen LogP contribution >= 0.6 is 38.5 Å². The first-order valence-corrected chi connectivity index (χ1v) is 6.01. The zero-order valence-corrected chi connectivity index (χ0v) is 11.3. The van der Waals surface area contributed by atoms with Crippen molar-refractivity contribution in [1.82, 2.24) is 4.98 Å². The Morgan fingerprint density at radius 1 is 1.53 bits per heavy atom. The van der Waals surface area contributed by atoms with Crippen LogP contribution in [0, 0.1) is 10.5 Å². The lowest BCUT2D eigenvalue weighted by Gasteiger charge is -2.12. The molecule has 1 heterocycles. The highest BCUT2D eigenvalue weighted by Gasteiger charge is 2.32. The van der Waals surface area contributed by atoms with Crippen LogP contribution in [0.25, 0.3) is 0 Å². The van der Waals surface area contributed by atoms with E-state index in [0.717, 1.165) is 0 Å². The molecule has 0 aromatic carbocycles. The Bertz CT molecular complexity index is 370. The van der Waals surface area contributed by atoms with Crippen molar-refractivity contribution < 1.29 is 17.9 Å². The van der Waals surface area contributed by atoms with Crippen molar-refractivity contribution in [3.05, 3.63) is 21.0 Å². The summed E-state index contributed by atoms with van der Waals surface area (Å²) in [7, 11) is 0. The average Bonchev–Trinajstić information content (AvgIpc) is 2.08. The van der Waals surface area contributed by atoms with Crippen LogP contribution in [0.1, 0.15) is 11.4 Å². The van der Waals surface area contributed by atoms with Crippen molar-refractivity contribution in [2.45, 2.75) is 18.6 Å². The summed E-state index contributed by atoms with van der Waals surface area (Å²) in [5.41, 5.74) is 0.921. The Hall–Kier alpha value is -0.0500. The van der Waals surface area contributed by atoms with E-state index in [-0.39, 0.29) is 11.4 Å². The zero-order valence-electron chi connectivity index (χ0n) is 7.53. The summed E-state index contributed by atoms with van der Waals surface area (Å²) in [5, 5.41) is 0.498. The van der Waals surface area contributed by atoms with E-state index in [2.05, 4.69) is 25.7 Å². The first kappa shape index (κ1) is 13.0. The fourth-order valence-corrected chi connectivity index (χ4v) is 2.48. The van der Waals surface area contributed by atoms with Gasteiger partial charge >= 0.3 is 6.36 Å². The molecule has 0 aliphatic rings. The summed E-state index contributed by atoms with van der Waals surface area (Å²) >= 11 is 5.11. The maximum atomic E-state index is 12.0. The van der Waals surface area contributed by atoms with E-state index in [1.165, 1.54) is 13.0 Å². The third-order valence-electron chi connectivity index (χ3n) is 1.55. The number of alkyl halides is 4. The summed E-state index contributed by atoms with van der Waals surface area (Å²) in [4.78, 5) is 4.00. The predicted octanol–water partition coefficient (Wildman–Crippen LogP) is 3.79. The van der Waals surface area contributed by atoms with Crippen molar-refractivity contribution in [2.24, 2.45) is 0 Å². The average molecular weight is 396 g/mol. The van der Waals surface area contributed by atoms with E-state index >= 15 is 0 Å². The molecule has 0 spiro atoms. The van der Waals surface area contributed by atoms with Crippen LogP contribution in [0.15, 0.2) is 6.07 Å². The minimum atomic E-state index is -4.68. The highest BCUT2D eigenvalue weighted by atomic mass is 127. The molecule has 0 radical (unpaired) electrons. The summed E-state index contributed by atoms with van der Waals surface area (Å²) in [6.07, 6.45) is -4.68. The number of nitrogens with zero attached hydrogens (tertiary/aromatic N) is 1. The highest BCUT2D eigenvalue weighted by Crippen LogP contribution is 2.28. The van der Waals surface area contributed by atoms with Gasteiger partial charge in [0.1, 0.15) is 0 Å². The number of aromatic nitrogens is 1. The number of ether oxygens (including phenoxy) is 1. The van der Waals surface area contributed by atoms with Gasteiger partial charge in [-0.3, -0.25) is 4.98 Å². The predicted molar refractivity (Wildman–Crippen MR) is 61.0 cm³/mol. The number of aryl methyl sites for hydroxylation is 1. The Labute approximate surface area is 106 Å². The first-order chi connectivity index (χ1) is 6.83. The van der Waals surface area contributed by atoms with E-state index in [9.17, 15) is 13.2 Å². The van der Waals surface area contributed by atoms with Gasteiger partial charge in [0, 0.05) is 8.90 Å². The molecule has 0 amide bonds. The van der Waals surface area contributed by atoms with E-state index < -0.39 is 6.36 Å². The molecule has 0 fully saturated rings. The van der Waals surface area contributed by atoms with Crippen LogP contribution < -0.4 is 4.74 Å². The molecule has 0 unspecified atom stereocenters. The largest absolute Gasteiger partial charge is 0.573 e. The van der Waals surface area contributed by atoms with E-state index in [1.54, 1.807) is 0 Å². The van der Waals surface area contributed by atoms with Gasteiger partial charge in [-0.1, -0.05) is 15.9 Å². The summed E-state index contributed by atoms with van der Waals surface area (Å²) < 4.78 is 40.4. The maximum Gasteiger partial charge on any atom is 0.573 e. The van der Waals surface area contributed by atoms with Gasteiger partial charge in [-0.05, 0) is 35.6 Å². The van der Waals surface area contributed by atoms with E-state index in [4.69, 9.17) is 0 Å². The highest BCUT2D eigenvalue weighted by molar-refractivity contribution is 14.1. The molecule has 0 saturated carbocycles. The lowest BCUT2D eigenvalue weighted by molar-refractivity contribution is -0.275. The van der Waals surface area contributed by atoms with Gasteiger partial charge in [-0.15, -0.1) is 13.2 Å². The van der Waals surface area contributed by atoms with Crippen molar-refractivity contribution in [3.8, 4) is 5.75 Å². The fourth-order valence-electron chi connectivity index (χ4n) is 0.935. The molecule has 15 heavy (non-hydrogen) atoms. The van der Waals surface area contributed by atoms with Crippen LogP contribution in [0.4, 0.5) is 13.2 Å². The molecule has 1 rings (SSSR count). The van der Waals surface area contributed by atoms with Gasteiger partial charge in [0.25, 0.3) is 0 Å². The monoisotopic (exact) mass is 395 g/mol. The van der Waals surface area contributed by atoms with Gasteiger partial charge in [0.2, 0.25) is 0 Å². The number of hydrogen-bond acceptors (Lipinski definition) is 2. The number of pyridine rings is 1. The van der Waals surface area contributed by atoms with Crippen LogP contribution in [-0.4, -0.2) is 11.3 Å². The van der Waals surface area contributed by atoms with Gasteiger partial charge in [-0.2, -0.15) is 0 Å². The molecule has 84 valence electrons. The minimum Gasteiger partial charge on any atom is -0.404 e. The van der Waals surface area contributed by atoms with Crippen molar-refractivity contribution >= 4 is 38.5 Å². The molecule has 1 aromatic heterocycles. The van der Waals surface area contributed by atoms with Crippen molar-refractivity contribution in [2.75, 3.05) is 0 Å². The normalized spacial score (nSPS) is 11.6. The lowest BCUT2D eigenvalue weighted by Crippen LogP contribution is -2.18. The molecule has 2 nitrogen and oxygen atoms in total. The third-order valence-corrected chi connectivity index (χ3v) is 3.01. The Kier molecular flexibility index (Phi) is 4.21. The molecule has 7 heteroatoms. The fraction of sp³-hybridized carbons (Fsp3) is 0.375. The summed E-state index contributed by atoms with van der Waals surface area (Å²) in [5.74, 6) is -0.253. The Morgan fingerprint density at radius 3 is 2.60 bits per heavy atom. The second-order valence-corrected chi connectivity index (χ2v) is 4.40. The number of halogens is 5. The molecule has 0 bridgehead atoms. The standard InChI is InChI=1S/C8H6BrF3INO/c1-4-7(15-8(10,11)12)2-5(13)6(3-9)14-4/h2H,3H2,1H3. The van der Waals surface area contributed by atoms with E-state index in [1.807, 2.05) is 22.6 Å². The van der Waals surface area contributed by atoms with Crippen molar-refractivity contribution in [1.29, 1.82) is 0 Å². The van der Waals surface area contributed by atoms with E-state index in [0.29, 0.717) is 14.6 Å². The van der Waals surface area contributed by atoms with Crippen LogP contribution in [0.2, 0.25) is 0 Å². The number of hydrogen-bond donors (Lipinski definition) is 0. The quantitative estimate of drug-likeness (QED) is 0.561. The molecule has 0 saturated heterocycles. The summed E-state index contributed by atoms with van der Waals surface area (Å²) in [6, 6.07) is 1.33. The number of rotatable bonds is 2. The minimum absolute atomic E-state index is 0.224. The molecule has 1 aromatic rings. The zero-order chi connectivity index (χ0) is 11.6. The Balaban J connectivity index is 3.05. The third kappa shape index (κ3) is 3.78. The lowest BCUT2D eigenvalue weighted by atomic mass is 10.3. The second kappa shape index (κ2) is 4.86. The SMILES string of the molecule is Cc1nc(CBr)c(I)cc1OC(F)(F)F. The molecule has 0 atom stereocenters. The van der Waals surface area contributed by atoms with Crippen LogP contribution in [0.5, 0.6) is 5.75 Å². The van der Waals surface area contributed by atoms with Crippen LogP contribution in [0.3, 0.4) is 0 Å². The Morgan fingerprint density at radius 2 is 2.13 bits per heavy atom. The van der Waals surface area contributed by atoms with Gasteiger partial charge in [0.05, 0.1) is 11.4 Å². The second-order valence-electron chi connectivity index (χ2n) is 2.68. The first-order valence-electron chi connectivity index (χ1n) is 3.81. The van der Waals surface area contributed by atoms with Gasteiger partial charge in [-0.25, -0.2) is 0 Å². The smallest absolute Gasteiger partial charge is 0.404 e. The summed E-state index contributed by atoms with van der Waals surface area (Å²) in [6.45, 7) is 1.48. The molecular formula is C8H6BrF3INO.